The van der Waals surface area contributed by atoms with Gasteiger partial charge >= 0.3 is 0 Å². The first-order chi connectivity index (χ1) is 10.3. The number of benzene rings is 2. The van der Waals surface area contributed by atoms with E-state index in [1.807, 2.05) is 30.3 Å². The van der Waals surface area contributed by atoms with Crippen LogP contribution >= 0.6 is 0 Å². The maximum Gasteiger partial charge on any atom is 0.125 e. The second-order valence-electron chi connectivity index (χ2n) is 5.33. The van der Waals surface area contributed by atoms with E-state index in [1.54, 1.807) is 6.92 Å². The smallest absolute Gasteiger partial charge is 0.125 e. The number of hydrogen-bond acceptors (Lipinski definition) is 3. The molecule has 3 heteroatoms. The van der Waals surface area contributed by atoms with Crippen LogP contribution in [-0.4, -0.2) is 18.3 Å². The van der Waals surface area contributed by atoms with Gasteiger partial charge < -0.3 is 14.6 Å². The van der Waals surface area contributed by atoms with E-state index in [4.69, 9.17) is 9.47 Å². The Hall–Kier alpha value is -1.84. The maximum atomic E-state index is 9.79. The molecule has 110 valence electrons. The summed E-state index contributed by atoms with van der Waals surface area (Å²) in [6, 6.07) is 15.9. The van der Waals surface area contributed by atoms with Gasteiger partial charge in [0.05, 0.1) is 12.7 Å². The molecule has 1 unspecified atom stereocenters. The van der Waals surface area contributed by atoms with E-state index in [2.05, 4.69) is 18.2 Å². The molecule has 1 N–H and O–H groups in total. The monoisotopic (exact) mass is 284 g/mol. The Morgan fingerprint density at radius 1 is 1.19 bits per heavy atom. The fourth-order valence-corrected chi connectivity index (χ4v) is 2.74. The Bertz CT molecular complexity index is 607. The second-order valence-corrected chi connectivity index (χ2v) is 5.33. The zero-order valence-corrected chi connectivity index (χ0v) is 12.2. The lowest BCUT2D eigenvalue weighted by molar-refractivity contribution is 0.00946. The highest BCUT2D eigenvalue weighted by atomic mass is 16.5. The molecule has 3 rings (SSSR count). The first-order valence-electron chi connectivity index (χ1n) is 7.35. The van der Waals surface area contributed by atoms with Crippen LogP contribution in [0.15, 0.2) is 48.5 Å². The highest BCUT2D eigenvalue weighted by Crippen LogP contribution is 2.30. The fraction of sp³-hybridized carbons (Fsp3) is 0.333. The van der Waals surface area contributed by atoms with Crippen LogP contribution in [0.4, 0.5) is 0 Å². The van der Waals surface area contributed by atoms with Crippen molar-refractivity contribution >= 4 is 0 Å². The summed E-state index contributed by atoms with van der Waals surface area (Å²) in [5.74, 6) is 0.721. The largest absolute Gasteiger partial charge is 0.490 e. The van der Waals surface area contributed by atoms with Crippen molar-refractivity contribution in [1.29, 1.82) is 0 Å². The zero-order valence-electron chi connectivity index (χ0n) is 12.2. The minimum atomic E-state index is -0.541. The highest BCUT2D eigenvalue weighted by molar-refractivity contribution is 5.35. The van der Waals surface area contributed by atoms with Crippen LogP contribution < -0.4 is 4.74 Å². The summed E-state index contributed by atoms with van der Waals surface area (Å²) in [6.45, 7) is 2.93. The SMILES string of the molecule is C[C@@H](O)c1ccccc1OCC1OCCc2ccccc21. The van der Waals surface area contributed by atoms with Crippen molar-refractivity contribution in [2.75, 3.05) is 13.2 Å². The van der Waals surface area contributed by atoms with Gasteiger partial charge in [-0.15, -0.1) is 0 Å². The molecule has 21 heavy (non-hydrogen) atoms. The fourth-order valence-electron chi connectivity index (χ4n) is 2.74. The molecular weight excluding hydrogens is 264 g/mol. The van der Waals surface area contributed by atoms with Crippen molar-refractivity contribution in [2.24, 2.45) is 0 Å². The van der Waals surface area contributed by atoms with Crippen molar-refractivity contribution in [1.82, 2.24) is 0 Å². The van der Waals surface area contributed by atoms with Crippen LogP contribution in [0.1, 0.15) is 35.8 Å². The van der Waals surface area contributed by atoms with E-state index in [9.17, 15) is 5.11 Å². The van der Waals surface area contributed by atoms with Crippen molar-refractivity contribution < 1.29 is 14.6 Å². The molecule has 0 aromatic heterocycles. The minimum Gasteiger partial charge on any atom is -0.490 e. The predicted octanol–water partition coefficient (Wildman–Crippen LogP) is 3.43. The van der Waals surface area contributed by atoms with Crippen LogP contribution in [0.2, 0.25) is 0 Å². The summed E-state index contributed by atoms with van der Waals surface area (Å²) in [7, 11) is 0. The lowest BCUT2D eigenvalue weighted by Gasteiger charge is -2.26. The van der Waals surface area contributed by atoms with Gasteiger partial charge in [0.2, 0.25) is 0 Å². The van der Waals surface area contributed by atoms with Crippen LogP contribution in [0.5, 0.6) is 5.75 Å². The van der Waals surface area contributed by atoms with Gasteiger partial charge in [0.15, 0.2) is 0 Å². The molecule has 0 amide bonds. The Labute approximate surface area is 125 Å². The van der Waals surface area contributed by atoms with Gasteiger partial charge in [0.25, 0.3) is 0 Å². The topological polar surface area (TPSA) is 38.7 Å². The average molecular weight is 284 g/mol. The molecule has 3 nitrogen and oxygen atoms in total. The number of ether oxygens (including phenoxy) is 2. The number of fused-ring (bicyclic) bond motifs is 1. The summed E-state index contributed by atoms with van der Waals surface area (Å²) in [5, 5.41) is 9.79. The molecular formula is C18H20O3. The molecule has 2 atom stereocenters. The Balaban J connectivity index is 1.75. The average Bonchev–Trinajstić information content (AvgIpc) is 2.53. The quantitative estimate of drug-likeness (QED) is 0.934. The van der Waals surface area contributed by atoms with Crippen LogP contribution in [0, 0.1) is 0 Å². The lowest BCUT2D eigenvalue weighted by atomic mass is 9.98. The summed E-state index contributed by atoms with van der Waals surface area (Å²) in [4.78, 5) is 0. The highest BCUT2D eigenvalue weighted by Gasteiger charge is 2.21. The van der Waals surface area contributed by atoms with Gasteiger partial charge in [0.1, 0.15) is 18.5 Å². The van der Waals surface area contributed by atoms with Crippen LogP contribution in [0.25, 0.3) is 0 Å². The zero-order chi connectivity index (χ0) is 14.7. The lowest BCUT2D eigenvalue weighted by Crippen LogP contribution is -2.22. The van der Waals surface area contributed by atoms with E-state index >= 15 is 0 Å². The number of aliphatic hydroxyl groups excluding tert-OH is 1. The first-order valence-corrected chi connectivity index (χ1v) is 7.35. The van der Waals surface area contributed by atoms with Crippen molar-refractivity contribution in [2.45, 2.75) is 25.6 Å². The number of rotatable bonds is 4. The van der Waals surface area contributed by atoms with Crippen LogP contribution in [0.3, 0.4) is 0 Å². The molecule has 0 fully saturated rings. The van der Waals surface area contributed by atoms with E-state index in [0.717, 1.165) is 24.3 Å². The Kier molecular flexibility index (Phi) is 4.23. The van der Waals surface area contributed by atoms with Crippen LogP contribution in [-0.2, 0) is 11.2 Å². The standard InChI is InChI=1S/C18H20O3/c1-13(19)15-7-4-5-9-17(15)21-12-18-16-8-3-2-6-14(16)10-11-20-18/h2-9,13,18-19H,10-12H2,1H3/t13-,18?/m1/s1. The Morgan fingerprint density at radius 3 is 2.81 bits per heavy atom. The second kappa shape index (κ2) is 6.29. The molecule has 2 aromatic carbocycles. The van der Waals surface area contributed by atoms with Gasteiger partial charge in [-0.2, -0.15) is 0 Å². The van der Waals surface area contributed by atoms with Gasteiger partial charge in [0, 0.05) is 5.56 Å². The van der Waals surface area contributed by atoms with E-state index < -0.39 is 6.10 Å². The van der Waals surface area contributed by atoms with Crippen molar-refractivity contribution in [3.05, 3.63) is 65.2 Å². The number of para-hydroxylation sites is 1. The van der Waals surface area contributed by atoms with Gasteiger partial charge in [-0.25, -0.2) is 0 Å². The molecule has 0 aliphatic carbocycles. The number of aliphatic hydroxyl groups is 1. The van der Waals surface area contributed by atoms with E-state index in [0.29, 0.717) is 6.61 Å². The number of hydrogen-bond donors (Lipinski definition) is 1. The van der Waals surface area contributed by atoms with Crippen molar-refractivity contribution in [3.8, 4) is 5.75 Å². The molecule has 1 heterocycles. The summed E-state index contributed by atoms with van der Waals surface area (Å²) in [6.07, 6.45) is 0.370. The molecule has 1 aliphatic rings. The molecule has 0 saturated heterocycles. The van der Waals surface area contributed by atoms with E-state index in [1.165, 1.54) is 11.1 Å². The maximum absolute atomic E-state index is 9.79. The summed E-state index contributed by atoms with van der Waals surface area (Å²) < 4.78 is 11.7. The first kappa shape index (κ1) is 14.1. The molecule has 1 aliphatic heterocycles. The van der Waals surface area contributed by atoms with E-state index in [-0.39, 0.29) is 6.10 Å². The molecule has 0 spiro atoms. The predicted molar refractivity (Wildman–Crippen MR) is 81.4 cm³/mol. The van der Waals surface area contributed by atoms with Gasteiger partial charge in [-0.05, 0) is 30.5 Å². The molecule has 0 saturated carbocycles. The normalized spacial score (nSPS) is 18.9. The summed E-state index contributed by atoms with van der Waals surface area (Å²) in [5.41, 5.74) is 3.35. The third kappa shape index (κ3) is 3.09. The summed E-state index contributed by atoms with van der Waals surface area (Å²) >= 11 is 0. The third-order valence-corrected chi connectivity index (χ3v) is 3.85. The minimum absolute atomic E-state index is 0.0444. The van der Waals surface area contributed by atoms with Gasteiger partial charge in [-0.1, -0.05) is 42.5 Å². The van der Waals surface area contributed by atoms with Crippen molar-refractivity contribution in [3.63, 3.8) is 0 Å². The third-order valence-electron chi connectivity index (χ3n) is 3.85. The molecule has 2 aromatic rings. The molecule has 0 bridgehead atoms. The Morgan fingerprint density at radius 2 is 1.95 bits per heavy atom. The molecule has 0 radical (unpaired) electrons. The van der Waals surface area contributed by atoms with Gasteiger partial charge in [-0.3, -0.25) is 0 Å².